The number of benzene rings is 1. The number of carbonyl (C=O) groups is 4. The normalized spacial score (nSPS) is 36.2. The van der Waals surface area contributed by atoms with Gasteiger partial charge in [-0.1, -0.05) is 50.8 Å². The molecule has 0 aliphatic heterocycles. The van der Waals surface area contributed by atoms with E-state index in [9.17, 15) is 34.5 Å². The van der Waals surface area contributed by atoms with Crippen molar-refractivity contribution in [3.8, 4) is 0 Å². The number of allylic oxidation sites excluding steroid dienone is 1. The van der Waals surface area contributed by atoms with E-state index >= 15 is 0 Å². The maximum Gasteiger partial charge on any atom is 0.338 e. The first-order valence-corrected chi connectivity index (χ1v) is 13.6. The molecule has 0 heterocycles. The summed E-state index contributed by atoms with van der Waals surface area (Å²) in [5, 5.41) is 35.0. The second-order valence-corrected chi connectivity index (χ2v) is 11.8. The minimum absolute atomic E-state index is 0.0576. The Balaban J connectivity index is 2.25. The Morgan fingerprint density at radius 3 is 2.07 bits per heavy atom. The number of esters is 3. The number of hydrogen-bond donors (Lipinski definition) is 3. The lowest BCUT2D eigenvalue weighted by molar-refractivity contribution is -0.175. The number of Topliss-reactive ketones (excluding diaryl/α,β-unsaturated/α-hetero) is 1. The minimum atomic E-state index is -2.01. The maximum atomic E-state index is 13.4. The predicted octanol–water partition coefficient (Wildman–Crippen LogP) is 2.54. The molecule has 224 valence electrons. The van der Waals surface area contributed by atoms with E-state index in [4.69, 9.17) is 14.2 Å². The smallest absolute Gasteiger partial charge is 0.338 e. The Kier molecular flexibility index (Phi) is 9.62. The number of aliphatic hydroxyl groups is 3. The van der Waals surface area contributed by atoms with Gasteiger partial charge in [0.25, 0.3) is 0 Å². The van der Waals surface area contributed by atoms with Crippen molar-refractivity contribution in [2.24, 2.45) is 23.2 Å². The van der Waals surface area contributed by atoms with Crippen LogP contribution in [-0.4, -0.2) is 75.1 Å². The summed E-state index contributed by atoms with van der Waals surface area (Å²) in [4.78, 5) is 51.1. The standard InChI is InChI=1S/C31H40O10/c1-16-13-14-30(6,7)28(36)23(34)26(40-20(5)33)18(3)25(39-19(4)32)22-24(17(2)15-31(22,38)27(16)35)41-29(37)21-11-9-8-10-12-21/h8-14,16-17,22-27,34-35,38H,3,15H2,1-2,4-7H3/b14-13+/t16-,17+,22-,23-,24+,25-,26+,27-,31-/m1/s1. The number of fused-ring (bicyclic) bond motifs is 1. The molecule has 1 saturated carbocycles. The van der Waals surface area contributed by atoms with Gasteiger partial charge >= 0.3 is 17.9 Å². The van der Waals surface area contributed by atoms with Crippen molar-refractivity contribution < 1.29 is 48.7 Å². The number of carbonyl (C=O) groups excluding carboxylic acids is 4. The first-order chi connectivity index (χ1) is 19.0. The molecule has 3 N–H and O–H groups in total. The fourth-order valence-electron chi connectivity index (χ4n) is 5.91. The van der Waals surface area contributed by atoms with Crippen LogP contribution in [0.4, 0.5) is 0 Å². The highest BCUT2D eigenvalue weighted by atomic mass is 16.6. The van der Waals surface area contributed by atoms with Crippen LogP contribution >= 0.6 is 0 Å². The molecular formula is C31H40O10. The van der Waals surface area contributed by atoms with E-state index in [2.05, 4.69) is 6.58 Å². The highest BCUT2D eigenvalue weighted by molar-refractivity contribution is 5.91. The zero-order valence-electron chi connectivity index (χ0n) is 24.3. The fourth-order valence-corrected chi connectivity index (χ4v) is 5.91. The second kappa shape index (κ2) is 12.3. The Bertz CT molecular complexity index is 1200. The van der Waals surface area contributed by atoms with Gasteiger partial charge < -0.3 is 29.5 Å². The van der Waals surface area contributed by atoms with Gasteiger partial charge in [-0.15, -0.1) is 0 Å². The quantitative estimate of drug-likeness (QED) is 0.278. The van der Waals surface area contributed by atoms with Crippen molar-refractivity contribution in [1.82, 2.24) is 0 Å². The summed E-state index contributed by atoms with van der Waals surface area (Å²) in [6, 6.07) is 8.16. The van der Waals surface area contributed by atoms with Gasteiger partial charge in [-0.2, -0.15) is 0 Å². The highest BCUT2D eigenvalue weighted by Crippen LogP contribution is 2.50. The van der Waals surface area contributed by atoms with Gasteiger partial charge in [0.05, 0.1) is 17.6 Å². The molecule has 1 fully saturated rings. The Morgan fingerprint density at radius 2 is 1.51 bits per heavy atom. The van der Waals surface area contributed by atoms with Gasteiger partial charge in [-0.05, 0) is 38.3 Å². The van der Waals surface area contributed by atoms with E-state index in [1.165, 1.54) is 6.08 Å². The van der Waals surface area contributed by atoms with Crippen LogP contribution in [0.3, 0.4) is 0 Å². The van der Waals surface area contributed by atoms with Crippen molar-refractivity contribution in [2.45, 2.75) is 84.1 Å². The van der Waals surface area contributed by atoms with Gasteiger partial charge in [0.1, 0.15) is 17.8 Å². The van der Waals surface area contributed by atoms with Crippen molar-refractivity contribution in [3.63, 3.8) is 0 Å². The Labute approximate surface area is 240 Å². The molecule has 2 aliphatic rings. The average molecular weight is 573 g/mol. The number of rotatable bonds is 4. The summed E-state index contributed by atoms with van der Waals surface area (Å²) in [6.45, 7) is 12.6. The topological polar surface area (TPSA) is 157 Å². The zero-order valence-corrected chi connectivity index (χ0v) is 24.3. The Hall–Kier alpha value is -3.34. The predicted molar refractivity (Wildman–Crippen MR) is 147 cm³/mol. The Morgan fingerprint density at radius 1 is 0.951 bits per heavy atom. The molecular weight excluding hydrogens is 532 g/mol. The van der Waals surface area contributed by atoms with Crippen LogP contribution in [-0.2, 0) is 28.6 Å². The van der Waals surface area contributed by atoms with Crippen LogP contribution in [0.5, 0.6) is 0 Å². The van der Waals surface area contributed by atoms with E-state index in [1.807, 2.05) is 0 Å². The molecule has 0 amide bonds. The summed E-state index contributed by atoms with van der Waals surface area (Å²) >= 11 is 0. The molecule has 2 aliphatic carbocycles. The molecule has 10 nitrogen and oxygen atoms in total. The average Bonchev–Trinajstić information content (AvgIpc) is 3.16. The van der Waals surface area contributed by atoms with Crippen LogP contribution in [0.2, 0.25) is 0 Å². The van der Waals surface area contributed by atoms with Crippen molar-refractivity contribution in [3.05, 3.63) is 60.2 Å². The van der Waals surface area contributed by atoms with E-state index in [-0.39, 0.29) is 17.6 Å². The van der Waals surface area contributed by atoms with E-state index < -0.39 is 83.0 Å². The monoisotopic (exact) mass is 572 g/mol. The van der Waals surface area contributed by atoms with Crippen LogP contribution in [0, 0.1) is 23.2 Å². The summed E-state index contributed by atoms with van der Waals surface area (Å²) in [5.41, 5.74) is -3.26. The zero-order chi connectivity index (χ0) is 30.9. The first-order valence-electron chi connectivity index (χ1n) is 13.6. The molecule has 9 atom stereocenters. The van der Waals surface area contributed by atoms with Gasteiger partial charge in [-0.3, -0.25) is 14.4 Å². The van der Waals surface area contributed by atoms with E-state index in [0.717, 1.165) is 13.8 Å². The fraction of sp³-hybridized carbons (Fsp3) is 0.548. The van der Waals surface area contributed by atoms with Crippen LogP contribution in [0.25, 0.3) is 0 Å². The minimum Gasteiger partial charge on any atom is -0.458 e. The molecule has 10 heteroatoms. The lowest BCUT2D eigenvalue weighted by Gasteiger charge is -2.43. The molecule has 3 rings (SSSR count). The molecule has 0 saturated heterocycles. The lowest BCUT2D eigenvalue weighted by atomic mass is 9.72. The third-order valence-corrected chi connectivity index (χ3v) is 8.05. The van der Waals surface area contributed by atoms with Crippen molar-refractivity contribution in [1.29, 1.82) is 0 Å². The third kappa shape index (κ3) is 6.60. The molecule has 0 radical (unpaired) electrons. The van der Waals surface area contributed by atoms with Gasteiger partial charge in [0.15, 0.2) is 18.0 Å². The van der Waals surface area contributed by atoms with Crippen molar-refractivity contribution in [2.75, 3.05) is 0 Å². The number of aliphatic hydroxyl groups excluding tert-OH is 2. The van der Waals surface area contributed by atoms with E-state index in [0.29, 0.717) is 0 Å². The van der Waals surface area contributed by atoms with Crippen LogP contribution in [0.15, 0.2) is 54.6 Å². The molecule has 0 spiro atoms. The number of ether oxygens (including phenoxy) is 3. The number of hydrogen-bond acceptors (Lipinski definition) is 10. The summed E-state index contributed by atoms with van der Waals surface area (Å²) in [6.07, 6.45) is -4.73. The van der Waals surface area contributed by atoms with Crippen molar-refractivity contribution >= 4 is 23.7 Å². The first kappa shape index (κ1) is 32.2. The maximum absolute atomic E-state index is 13.4. The highest BCUT2D eigenvalue weighted by Gasteiger charge is 2.62. The van der Waals surface area contributed by atoms with E-state index in [1.54, 1.807) is 64.1 Å². The summed E-state index contributed by atoms with van der Waals surface area (Å²) in [7, 11) is 0. The SMILES string of the molecule is C=C1[C@@H](OC(C)=O)[C@H]2[C@@H](OC(=O)c3ccccc3)[C@@H](C)C[C@]2(O)[C@H](O)[C@H](C)/C=C/C(C)(C)C(=O)[C@H](O)[C@H]1OC(C)=O. The number of ketones is 1. The molecule has 41 heavy (non-hydrogen) atoms. The molecule has 0 unspecified atom stereocenters. The molecule has 1 aromatic rings. The molecule has 0 aromatic heterocycles. The molecule has 1 aromatic carbocycles. The molecule has 0 bridgehead atoms. The van der Waals surface area contributed by atoms with Gasteiger partial charge in [0.2, 0.25) is 0 Å². The van der Waals surface area contributed by atoms with Crippen LogP contribution in [0.1, 0.15) is 58.3 Å². The second-order valence-electron chi connectivity index (χ2n) is 11.8. The lowest BCUT2D eigenvalue weighted by Crippen LogP contribution is -2.58. The summed E-state index contributed by atoms with van der Waals surface area (Å²) < 4.78 is 16.9. The van der Waals surface area contributed by atoms with Gasteiger partial charge in [0, 0.05) is 30.8 Å². The summed E-state index contributed by atoms with van der Waals surface area (Å²) in [5.74, 6) is -5.68. The van der Waals surface area contributed by atoms with Gasteiger partial charge in [-0.25, -0.2) is 4.79 Å². The van der Waals surface area contributed by atoms with Crippen LogP contribution < -0.4 is 0 Å². The third-order valence-electron chi connectivity index (χ3n) is 8.05. The largest absolute Gasteiger partial charge is 0.458 e.